The van der Waals surface area contributed by atoms with Crippen LogP contribution in [0.2, 0.25) is 15.1 Å². The summed E-state index contributed by atoms with van der Waals surface area (Å²) in [4.78, 5) is 13.9. The van der Waals surface area contributed by atoms with E-state index in [-0.39, 0.29) is 11.3 Å². The van der Waals surface area contributed by atoms with E-state index in [0.717, 1.165) is 15.1 Å². The standard InChI is InChI=1S/C19H12Cl3NO2S/c20-10-2-4-16-13(7-10)19(24)18-15(23-25)5-9(6-17(18)26-16)12-3-1-11(21)8-14(12)22/h1-4,7-9,25H,5-6H2/b23-15+. The van der Waals surface area contributed by atoms with Gasteiger partial charge in [-0.25, -0.2) is 0 Å². The maximum absolute atomic E-state index is 13.0. The summed E-state index contributed by atoms with van der Waals surface area (Å²) in [5, 5.41) is 15.2. The SMILES string of the molecule is O=c1c2c(sc3ccc(Cl)cc13)CC(c1ccc(Cl)cc1Cl)C/C2=N\O. The lowest BCUT2D eigenvalue weighted by molar-refractivity contribution is 0.317. The highest BCUT2D eigenvalue weighted by molar-refractivity contribution is 7.18. The highest BCUT2D eigenvalue weighted by atomic mass is 35.5. The Morgan fingerprint density at radius 2 is 1.77 bits per heavy atom. The normalized spacial score (nSPS) is 18.3. The molecule has 0 aliphatic heterocycles. The lowest BCUT2D eigenvalue weighted by atomic mass is 9.82. The van der Waals surface area contributed by atoms with Crippen LogP contribution in [0.15, 0.2) is 46.3 Å². The van der Waals surface area contributed by atoms with E-state index in [2.05, 4.69) is 5.16 Å². The summed E-state index contributed by atoms with van der Waals surface area (Å²) in [7, 11) is 0. The number of hydrogen-bond acceptors (Lipinski definition) is 4. The van der Waals surface area contributed by atoms with Gasteiger partial charge in [-0.2, -0.15) is 0 Å². The molecule has 1 aliphatic rings. The van der Waals surface area contributed by atoms with Gasteiger partial charge in [-0.1, -0.05) is 46.0 Å². The molecule has 1 unspecified atom stereocenters. The highest BCUT2D eigenvalue weighted by Gasteiger charge is 2.30. The molecule has 1 aromatic heterocycles. The van der Waals surface area contributed by atoms with E-state index in [4.69, 9.17) is 34.8 Å². The third-order valence-electron chi connectivity index (χ3n) is 4.61. The van der Waals surface area contributed by atoms with E-state index >= 15 is 0 Å². The van der Waals surface area contributed by atoms with Crippen molar-refractivity contribution in [3.05, 3.63) is 77.7 Å². The summed E-state index contributed by atoms with van der Waals surface area (Å²) < 4.78 is 0.860. The second-order valence-electron chi connectivity index (χ2n) is 6.19. The molecule has 4 rings (SSSR count). The van der Waals surface area contributed by atoms with Crippen LogP contribution in [0.5, 0.6) is 0 Å². The molecule has 0 radical (unpaired) electrons. The molecular weight excluding hydrogens is 413 g/mol. The Kier molecular flexibility index (Phi) is 4.70. The van der Waals surface area contributed by atoms with Crippen LogP contribution in [0, 0.1) is 0 Å². The van der Waals surface area contributed by atoms with Gasteiger partial charge in [0.25, 0.3) is 0 Å². The second-order valence-corrected chi connectivity index (χ2v) is 8.60. The Bertz CT molecular complexity index is 1120. The monoisotopic (exact) mass is 423 g/mol. The Morgan fingerprint density at radius 1 is 1.04 bits per heavy atom. The van der Waals surface area contributed by atoms with Gasteiger partial charge in [0, 0.05) is 36.5 Å². The fourth-order valence-corrected chi connectivity index (χ4v) is 5.42. The van der Waals surface area contributed by atoms with Crippen LogP contribution in [-0.2, 0) is 6.42 Å². The third-order valence-corrected chi connectivity index (χ3v) is 6.60. The predicted octanol–water partition coefficient (Wildman–Crippen LogP) is 6.13. The average Bonchev–Trinajstić information content (AvgIpc) is 2.61. The smallest absolute Gasteiger partial charge is 0.197 e. The molecular formula is C19H12Cl3NO2S. The van der Waals surface area contributed by atoms with E-state index < -0.39 is 0 Å². The Labute approximate surface area is 168 Å². The molecule has 1 atom stereocenters. The van der Waals surface area contributed by atoms with Gasteiger partial charge in [0.2, 0.25) is 0 Å². The third kappa shape index (κ3) is 3.01. The number of halogens is 3. The molecule has 3 nitrogen and oxygen atoms in total. The van der Waals surface area contributed by atoms with E-state index in [1.165, 1.54) is 11.3 Å². The van der Waals surface area contributed by atoms with Gasteiger partial charge in [0.1, 0.15) is 0 Å². The summed E-state index contributed by atoms with van der Waals surface area (Å²) in [6.45, 7) is 0. The van der Waals surface area contributed by atoms with Crippen LogP contribution < -0.4 is 5.43 Å². The maximum atomic E-state index is 13.0. The average molecular weight is 425 g/mol. The van der Waals surface area contributed by atoms with Gasteiger partial charge in [-0.15, -0.1) is 11.3 Å². The topological polar surface area (TPSA) is 49.7 Å². The van der Waals surface area contributed by atoms with Crippen molar-refractivity contribution in [2.75, 3.05) is 0 Å². The second kappa shape index (κ2) is 6.86. The number of fused-ring (bicyclic) bond motifs is 2. The van der Waals surface area contributed by atoms with Gasteiger partial charge in [-0.3, -0.25) is 4.79 Å². The lowest BCUT2D eigenvalue weighted by Crippen LogP contribution is -2.26. The van der Waals surface area contributed by atoms with Crippen LogP contribution in [0.3, 0.4) is 0 Å². The van der Waals surface area contributed by atoms with Crippen LogP contribution in [-0.4, -0.2) is 10.9 Å². The van der Waals surface area contributed by atoms with Gasteiger partial charge in [0.15, 0.2) is 5.43 Å². The molecule has 132 valence electrons. The Morgan fingerprint density at radius 3 is 2.50 bits per heavy atom. The minimum absolute atomic E-state index is 0.0126. The first kappa shape index (κ1) is 17.8. The van der Waals surface area contributed by atoms with Gasteiger partial charge >= 0.3 is 0 Å². The first-order valence-electron chi connectivity index (χ1n) is 7.89. The fourth-order valence-electron chi connectivity index (χ4n) is 3.42. The van der Waals surface area contributed by atoms with Crippen molar-refractivity contribution in [3.63, 3.8) is 0 Å². The minimum Gasteiger partial charge on any atom is -0.411 e. The predicted molar refractivity (Wildman–Crippen MR) is 109 cm³/mol. The zero-order chi connectivity index (χ0) is 18.4. The zero-order valence-corrected chi connectivity index (χ0v) is 16.4. The maximum Gasteiger partial charge on any atom is 0.197 e. The summed E-state index contributed by atoms with van der Waals surface area (Å²) in [5.74, 6) is 0.0126. The number of rotatable bonds is 1. The van der Waals surface area contributed by atoms with Crippen molar-refractivity contribution in [2.24, 2.45) is 5.16 Å². The fraction of sp³-hybridized carbons (Fsp3) is 0.158. The van der Waals surface area contributed by atoms with Crippen molar-refractivity contribution in [1.82, 2.24) is 0 Å². The molecule has 7 heteroatoms. The quantitative estimate of drug-likeness (QED) is 0.377. The molecule has 1 heterocycles. The van der Waals surface area contributed by atoms with Crippen molar-refractivity contribution in [2.45, 2.75) is 18.8 Å². The molecule has 26 heavy (non-hydrogen) atoms. The molecule has 2 aromatic carbocycles. The zero-order valence-electron chi connectivity index (χ0n) is 13.3. The molecule has 0 spiro atoms. The van der Waals surface area contributed by atoms with Gasteiger partial charge < -0.3 is 5.21 Å². The number of benzene rings is 2. The summed E-state index contributed by atoms with van der Waals surface area (Å²) in [6.07, 6.45) is 1.08. The van der Waals surface area contributed by atoms with Crippen molar-refractivity contribution >= 4 is 61.9 Å². The van der Waals surface area contributed by atoms with Crippen LogP contribution in [0.25, 0.3) is 10.1 Å². The van der Waals surface area contributed by atoms with E-state index in [9.17, 15) is 10.0 Å². The molecule has 0 saturated carbocycles. The Balaban J connectivity index is 1.89. The summed E-state index contributed by atoms with van der Waals surface area (Å²) >= 11 is 19.9. The van der Waals surface area contributed by atoms with Crippen LogP contribution in [0.1, 0.15) is 28.3 Å². The van der Waals surface area contributed by atoms with Crippen molar-refractivity contribution in [1.29, 1.82) is 0 Å². The van der Waals surface area contributed by atoms with Gasteiger partial charge in [-0.05, 0) is 48.2 Å². The molecule has 1 N–H and O–H groups in total. The summed E-state index contributed by atoms with van der Waals surface area (Å²) in [5.41, 5.74) is 1.64. The number of nitrogens with zero attached hydrogens (tertiary/aromatic N) is 1. The van der Waals surface area contributed by atoms with E-state index in [0.29, 0.717) is 44.6 Å². The van der Waals surface area contributed by atoms with E-state index in [1.54, 1.807) is 24.3 Å². The van der Waals surface area contributed by atoms with Crippen LogP contribution >= 0.6 is 46.1 Å². The summed E-state index contributed by atoms with van der Waals surface area (Å²) in [6, 6.07) is 10.7. The number of hydrogen-bond donors (Lipinski definition) is 1. The first-order chi connectivity index (χ1) is 12.5. The molecule has 3 aromatic rings. The lowest BCUT2D eigenvalue weighted by Gasteiger charge is -2.25. The Hall–Kier alpha value is -1.59. The largest absolute Gasteiger partial charge is 0.411 e. The van der Waals surface area contributed by atoms with Crippen molar-refractivity contribution < 1.29 is 5.21 Å². The minimum atomic E-state index is -0.148. The van der Waals surface area contributed by atoms with Gasteiger partial charge in [0.05, 0.1) is 11.3 Å². The molecule has 0 fully saturated rings. The highest BCUT2D eigenvalue weighted by Crippen LogP contribution is 2.39. The van der Waals surface area contributed by atoms with Crippen LogP contribution in [0.4, 0.5) is 0 Å². The molecule has 0 saturated heterocycles. The van der Waals surface area contributed by atoms with E-state index in [1.807, 2.05) is 12.1 Å². The molecule has 1 aliphatic carbocycles. The molecule has 0 amide bonds. The first-order valence-corrected chi connectivity index (χ1v) is 9.84. The molecule has 0 bridgehead atoms. The van der Waals surface area contributed by atoms with Crippen molar-refractivity contribution in [3.8, 4) is 0 Å². The number of oxime groups is 1.